The van der Waals surface area contributed by atoms with E-state index in [0.717, 1.165) is 0 Å². The molecule has 0 amide bonds. The van der Waals surface area contributed by atoms with Crippen molar-refractivity contribution in [2.75, 3.05) is 13.2 Å². The zero-order chi connectivity index (χ0) is 23.6. The molecule has 3 nitrogen and oxygen atoms in total. The van der Waals surface area contributed by atoms with Crippen molar-refractivity contribution in [3.8, 4) is 0 Å². The summed E-state index contributed by atoms with van der Waals surface area (Å²) in [6.45, 7) is 13.9. The third-order valence-electron chi connectivity index (χ3n) is 6.93. The zero-order valence-corrected chi connectivity index (χ0v) is 29.9. The van der Waals surface area contributed by atoms with Crippen LogP contribution in [-0.2, 0) is 4.74 Å². The molecule has 0 bridgehead atoms. The van der Waals surface area contributed by atoms with Crippen LogP contribution in [0, 0.1) is 22.7 Å². The molecule has 0 aromatic carbocycles. The number of allylic oxidation sites excluding steroid dienone is 2. The molecule has 30 heavy (non-hydrogen) atoms. The molecule has 1 saturated heterocycles. The van der Waals surface area contributed by atoms with E-state index in [9.17, 15) is 0 Å². The summed E-state index contributed by atoms with van der Waals surface area (Å²) in [4.78, 5) is 0. The van der Waals surface area contributed by atoms with Crippen LogP contribution in [0.25, 0.3) is 0 Å². The van der Waals surface area contributed by atoms with Gasteiger partial charge in [0.05, 0.1) is 11.7 Å². The van der Waals surface area contributed by atoms with Crippen LogP contribution >= 0.6 is 74.5 Å². The van der Waals surface area contributed by atoms with Gasteiger partial charge in [-0.2, -0.15) is 0 Å². The topological polar surface area (TPSA) is 53.0 Å². The van der Waals surface area contributed by atoms with Crippen molar-refractivity contribution >= 4 is 74.5 Å². The molecule has 3 rings (SSSR count). The van der Waals surface area contributed by atoms with Gasteiger partial charge in [-0.25, -0.2) is 0 Å². The zero-order valence-electron chi connectivity index (χ0n) is 19.2. The van der Waals surface area contributed by atoms with Gasteiger partial charge in [0, 0.05) is 50.4 Å². The van der Waals surface area contributed by atoms with Crippen molar-refractivity contribution < 1.29 is 28.2 Å². The molecule has 1 heterocycles. The van der Waals surface area contributed by atoms with Crippen LogP contribution in [0.15, 0.2) is 11.6 Å². The predicted octanol–water partition coefficient (Wildman–Crippen LogP) is 5.26. The van der Waals surface area contributed by atoms with Gasteiger partial charge in [-0.15, -0.1) is 0 Å². The normalized spacial score (nSPS) is 34.2. The van der Waals surface area contributed by atoms with Crippen molar-refractivity contribution in [1.82, 2.24) is 0 Å². The third-order valence-corrected chi connectivity index (χ3v) is 6.93. The Bertz CT molecular complexity index is 513. The average molecular weight is 987 g/mol. The van der Waals surface area contributed by atoms with Gasteiger partial charge in [0.2, 0.25) is 0 Å². The van der Waals surface area contributed by atoms with E-state index in [1.165, 1.54) is 44.1 Å². The fourth-order valence-corrected chi connectivity index (χ4v) is 4.08. The molecule has 0 spiro atoms. The molecule has 0 radical (unpaired) electrons. The molecular formula is C22H40I5O3-. The fraction of sp³-hybridized carbons (Fsp3) is 0.909. The van der Waals surface area contributed by atoms with Gasteiger partial charge in [-0.3, -0.25) is 0 Å². The summed E-state index contributed by atoms with van der Waals surface area (Å²) >= 11 is 9.54. The number of rotatable bonds is 8. The molecule has 3 fully saturated rings. The average Bonchev–Trinajstić information content (AvgIpc) is 3.62. The Morgan fingerprint density at radius 2 is 1.37 bits per heavy atom. The number of hydrogen-bond acceptors (Lipinski definition) is 3. The van der Waals surface area contributed by atoms with Gasteiger partial charge in [-0.05, 0) is 88.9 Å². The molecule has 5 unspecified atom stereocenters. The second kappa shape index (κ2) is 16.1. The van der Waals surface area contributed by atoms with E-state index >= 15 is 0 Å². The summed E-state index contributed by atoms with van der Waals surface area (Å²) < 4.78 is 5.53. The summed E-state index contributed by atoms with van der Waals surface area (Å²) in [6.07, 6.45) is 9.99. The standard InChI is InChI=1S/C11H20O2.C11H20O.I3.I2/c1-10(2)9(13-10)4-5-11(3)6-8(11)7-12;1-9(2)5-4-6-11(3)7-10(11)8-12;1-3-2;1-2/h8-9,12H,4-7H2,1-3H3;5,10,12H,4,6-8H2,1-3H3;;/q;;-1;. The number of aliphatic hydroxyl groups excluding tert-OH is 2. The maximum atomic E-state index is 8.99. The van der Waals surface area contributed by atoms with E-state index in [1.807, 2.05) is 0 Å². The van der Waals surface area contributed by atoms with Crippen LogP contribution < -0.4 is 13.3 Å². The molecule has 3 aliphatic rings. The molecule has 0 aromatic rings. The van der Waals surface area contributed by atoms with Crippen molar-refractivity contribution in [2.24, 2.45) is 22.7 Å². The Kier molecular flexibility index (Phi) is 17.9. The van der Waals surface area contributed by atoms with E-state index in [-0.39, 0.29) is 5.60 Å². The van der Waals surface area contributed by atoms with Gasteiger partial charge < -0.3 is 14.9 Å². The second-order valence-corrected chi connectivity index (χ2v) is 26.3. The van der Waals surface area contributed by atoms with Gasteiger partial charge in [-0.1, -0.05) is 25.5 Å². The second-order valence-electron chi connectivity index (χ2n) is 10.1. The minimum atomic E-state index is 0.139. The first kappa shape index (κ1) is 33.3. The Morgan fingerprint density at radius 3 is 1.67 bits per heavy atom. The summed E-state index contributed by atoms with van der Waals surface area (Å²) in [5.74, 6) is 1.15. The van der Waals surface area contributed by atoms with Crippen molar-refractivity contribution in [1.29, 1.82) is 0 Å². The molecule has 1 aliphatic heterocycles. The SMILES string of the molecule is CC(C)=CCCC1(C)CC1CO.CC1(CCC2OC2(C)C)CC1CO.II.I[I-]I. The molecule has 0 aromatic heterocycles. The molecule has 2 aliphatic carbocycles. The third kappa shape index (κ3) is 12.8. The Labute approximate surface area is 238 Å². The van der Waals surface area contributed by atoms with Gasteiger partial charge in [0.15, 0.2) is 0 Å². The fourth-order valence-electron chi connectivity index (χ4n) is 4.08. The van der Waals surface area contributed by atoms with Gasteiger partial charge >= 0.3 is 50.5 Å². The summed E-state index contributed by atoms with van der Waals surface area (Å²) in [7, 11) is 0. The number of halogens is 5. The first-order chi connectivity index (χ1) is 14.0. The first-order valence-electron chi connectivity index (χ1n) is 10.5. The van der Waals surface area contributed by atoms with E-state index in [2.05, 4.69) is 122 Å². The van der Waals surface area contributed by atoms with Crippen LogP contribution in [0.2, 0.25) is 0 Å². The summed E-state index contributed by atoms with van der Waals surface area (Å²) in [5, 5.41) is 17.9. The number of ether oxygens (including phenoxy) is 1. The number of hydrogen-bond donors (Lipinski definition) is 2. The molecule has 2 saturated carbocycles. The summed E-state index contributed by atoms with van der Waals surface area (Å²) in [5.41, 5.74) is 2.43. The predicted molar refractivity (Wildman–Crippen MR) is 160 cm³/mol. The number of epoxide rings is 1. The number of aliphatic hydroxyl groups is 2. The molecule has 5 atom stereocenters. The van der Waals surface area contributed by atoms with Gasteiger partial charge in [0.1, 0.15) is 0 Å². The Morgan fingerprint density at radius 1 is 0.967 bits per heavy atom. The molecule has 182 valence electrons. The van der Waals surface area contributed by atoms with Crippen LogP contribution in [0.3, 0.4) is 0 Å². The molecular weight excluding hydrogens is 947 g/mol. The van der Waals surface area contributed by atoms with Crippen molar-refractivity contribution in [3.05, 3.63) is 11.6 Å². The monoisotopic (exact) mass is 987 g/mol. The van der Waals surface area contributed by atoms with Crippen LogP contribution in [-0.4, -0.2) is 35.1 Å². The van der Waals surface area contributed by atoms with E-state index < -0.39 is 0 Å². The first-order valence-corrected chi connectivity index (χ1v) is 29.4. The van der Waals surface area contributed by atoms with Crippen LogP contribution in [0.1, 0.15) is 80.1 Å². The van der Waals surface area contributed by atoms with E-state index in [4.69, 9.17) is 14.9 Å². The van der Waals surface area contributed by atoms with Gasteiger partial charge in [0.25, 0.3) is 0 Å². The Balaban J connectivity index is 0.000000464. The molecule has 2 N–H and O–H groups in total. The maximum absolute atomic E-state index is 8.99. The molecule has 8 heteroatoms. The summed E-state index contributed by atoms with van der Waals surface area (Å²) in [6, 6.07) is 0. The Hall–Kier alpha value is 3.27. The van der Waals surface area contributed by atoms with Crippen LogP contribution in [0.4, 0.5) is 0 Å². The quantitative estimate of drug-likeness (QED) is 0.199. The minimum absolute atomic E-state index is 0.139. The van der Waals surface area contributed by atoms with E-state index in [1.54, 1.807) is 0 Å². The van der Waals surface area contributed by atoms with Crippen molar-refractivity contribution in [2.45, 2.75) is 91.8 Å². The van der Waals surface area contributed by atoms with Crippen LogP contribution in [0.5, 0.6) is 0 Å². The van der Waals surface area contributed by atoms with Crippen molar-refractivity contribution in [3.63, 3.8) is 0 Å². The van der Waals surface area contributed by atoms with E-state index in [0.29, 0.717) is 55.2 Å².